The quantitative estimate of drug-likeness (QED) is 0.886. The van der Waals surface area contributed by atoms with Gasteiger partial charge in [-0.2, -0.15) is 0 Å². The molecule has 0 radical (unpaired) electrons. The second kappa shape index (κ2) is 6.45. The minimum atomic E-state index is -0.522. The Balaban J connectivity index is 2.03. The van der Waals surface area contributed by atoms with Crippen molar-refractivity contribution in [3.63, 3.8) is 0 Å². The molecule has 3 N–H and O–H groups in total. The summed E-state index contributed by atoms with van der Waals surface area (Å²) in [6.07, 6.45) is 1.59. The lowest BCUT2D eigenvalue weighted by atomic mass is 10.2. The molecule has 1 atom stereocenters. The van der Waals surface area contributed by atoms with Gasteiger partial charge in [0.1, 0.15) is 0 Å². The van der Waals surface area contributed by atoms with Gasteiger partial charge in [0.15, 0.2) is 11.2 Å². The van der Waals surface area contributed by atoms with Gasteiger partial charge < -0.3 is 15.7 Å². The predicted octanol–water partition coefficient (Wildman–Crippen LogP) is 1.98. The highest BCUT2D eigenvalue weighted by Gasteiger charge is 2.34. The van der Waals surface area contributed by atoms with Crippen molar-refractivity contribution in [3.8, 4) is 5.75 Å². The number of hydrogen-bond acceptors (Lipinski definition) is 5. The van der Waals surface area contributed by atoms with E-state index in [2.05, 4.69) is 0 Å². The van der Waals surface area contributed by atoms with Crippen molar-refractivity contribution < 1.29 is 9.90 Å². The van der Waals surface area contributed by atoms with Crippen LogP contribution in [0.1, 0.15) is 18.0 Å². The van der Waals surface area contributed by atoms with Gasteiger partial charge in [0.2, 0.25) is 0 Å². The molecule has 6 nitrogen and oxygen atoms in total. The van der Waals surface area contributed by atoms with Gasteiger partial charge in [-0.25, -0.2) is 0 Å². The predicted molar refractivity (Wildman–Crippen MR) is 92.9 cm³/mol. The van der Waals surface area contributed by atoms with E-state index in [1.54, 1.807) is 12.3 Å². The third kappa shape index (κ3) is 2.90. The number of allylic oxidation sites excluding steroid dienone is 1. The maximum Gasteiger partial charge on any atom is 0.295 e. The van der Waals surface area contributed by atoms with Crippen LogP contribution >= 0.6 is 11.8 Å². The molecule has 1 aliphatic heterocycles. The molecule has 1 unspecified atom stereocenters. The van der Waals surface area contributed by atoms with Gasteiger partial charge in [-0.1, -0.05) is 42.1 Å². The first-order chi connectivity index (χ1) is 11.5. The first kappa shape index (κ1) is 16.2. The van der Waals surface area contributed by atoms with Crippen LogP contribution in [0.5, 0.6) is 5.75 Å². The first-order valence-corrected chi connectivity index (χ1v) is 8.25. The number of aromatic nitrogens is 1. The maximum atomic E-state index is 12.3. The van der Waals surface area contributed by atoms with Crippen LogP contribution in [-0.4, -0.2) is 20.5 Å². The lowest BCUT2D eigenvalue weighted by Crippen LogP contribution is -2.32. The summed E-state index contributed by atoms with van der Waals surface area (Å²) in [4.78, 5) is 26.3. The molecule has 7 heteroatoms. The summed E-state index contributed by atoms with van der Waals surface area (Å²) in [5, 5.41) is 9.71. The van der Waals surface area contributed by atoms with Crippen molar-refractivity contribution in [2.75, 3.05) is 0 Å². The molecule has 1 amide bonds. The van der Waals surface area contributed by atoms with E-state index in [1.807, 2.05) is 42.2 Å². The van der Waals surface area contributed by atoms with E-state index in [4.69, 9.17) is 5.73 Å². The number of nitrogens with two attached hydrogens (primary N) is 1. The standard InChI is InChI=1S/C17H17N3O3S/c1-11-14(15(18)22)24-17(19-9-5-8-13(21)16(19)23)20(11)10-12-6-3-2-4-7-12/h2-9,17,21H,10H2,1H3,(H2,18,22). The maximum absolute atomic E-state index is 12.3. The van der Waals surface area contributed by atoms with Crippen molar-refractivity contribution >= 4 is 17.7 Å². The molecular weight excluding hydrogens is 326 g/mol. The summed E-state index contributed by atoms with van der Waals surface area (Å²) in [6.45, 7) is 2.33. The number of rotatable bonds is 4. The van der Waals surface area contributed by atoms with Gasteiger partial charge in [-0.15, -0.1) is 0 Å². The Kier molecular flexibility index (Phi) is 4.35. The number of amides is 1. The lowest BCUT2D eigenvalue weighted by Gasteiger charge is -2.29. The SMILES string of the molecule is CC1=C(C(N)=O)SC(n2cccc(O)c2=O)N1Cc1ccccc1. The van der Waals surface area contributed by atoms with Crippen molar-refractivity contribution in [1.82, 2.24) is 9.47 Å². The Labute approximate surface area is 143 Å². The van der Waals surface area contributed by atoms with Crippen LogP contribution in [0, 0.1) is 0 Å². The smallest absolute Gasteiger partial charge is 0.295 e. The molecule has 24 heavy (non-hydrogen) atoms. The number of nitrogens with zero attached hydrogens (tertiary/aromatic N) is 2. The number of benzene rings is 1. The number of hydrogen-bond donors (Lipinski definition) is 2. The number of pyridine rings is 1. The highest BCUT2D eigenvalue weighted by molar-refractivity contribution is 8.04. The summed E-state index contributed by atoms with van der Waals surface area (Å²) in [6, 6.07) is 12.7. The van der Waals surface area contributed by atoms with Gasteiger partial charge in [0.25, 0.3) is 11.5 Å². The van der Waals surface area contributed by atoms with Gasteiger partial charge in [-0.3, -0.25) is 14.2 Å². The summed E-state index contributed by atoms with van der Waals surface area (Å²) in [5.41, 5.74) is 6.25. The molecule has 3 rings (SSSR count). The van der Waals surface area contributed by atoms with E-state index in [0.717, 1.165) is 11.3 Å². The number of carbonyl (C=O) groups is 1. The number of carbonyl (C=O) groups excluding carboxylic acids is 1. The molecule has 0 fully saturated rings. The van der Waals surface area contributed by atoms with Crippen molar-refractivity contribution in [2.24, 2.45) is 5.73 Å². The molecule has 1 aromatic carbocycles. The Bertz CT molecular complexity index is 861. The van der Waals surface area contributed by atoms with Crippen LogP contribution in [0.25, 0.3) is 0 Å². The van der Waals surface area contributed by atoms with Crippen LogP contribution in [0.4, 0.5) is 0 Å². The van der Waals surface area contributed by atoms with Crippen LogP contribution < -0.4 is 11.3 Å². The lowest BCUT2D eigenvalue weighted by molar-refractivity contribution is -0.114. The van der Waals surface area contributed by atoms with E-state index in [9.17, 15) is 14.7 Å². The Morgan fingerprint density at radius 3 is 2.62 bits per heavy atom. The van der Waals surface area contributed by atoms with E-state index >= 15 is 0 Å². The van der Waals surface area contributed by atoms with Crippen LogP contribution in [0.3, 0.4) is 0 Å². The molecule has 0 saturated carbocycles. The monoisotopic (exact) mass is 343 g/mol. The van der Waals surface area contributed by atoms with Gasteiger partial charge >= 0.3 is 0 Å². The summed E-state index contributed by atoms with van der Waals surface area (Å²) >= 11 is 1.21. The first-order valence-electron chi connectivity index (χ1n) is 7.37. The molecule has 0 bridgehead atoms. The van der Waals surface area contributed by atoms with E-state index in [0.29, 0.717) is 11.4 Å². The fourth-order valence-corrected chi connectivity index (χ4v) is 3.90. The van der Waals surface area contributed by atoms with Gasteiger partial charge in [0.05, 0.1) is 4.91 Å². The molecule has 2 heterocycles. The van der Waals surface area contributed by atoms with Crippen LogP contribution in [0.2, 0.25) is 0 Å². The minimum Gasteiger partial charge on any atom is -0.503 e. The van der Waals surface area contributed by atoms with Crippen LogP contribution in [0.15, 0.2) is 64.1 Å². The van der Waals surface area contributed by atoms with Crippen molar-refractivity contribution in [1.29, 1.82) is 0 Å². The molecule has 0 aliphatic carbocycles. The second-order valence-corrected chi connectivity index (χ2v) is 6.51. The van der Waals surface area contributed by atoms with E-state index in [-0.39, 0.29) is 5.75 Å². The normalized spacial score (nSPS) is 17.4. The zero-order valence-corrected chi connectivity index (χ0v) is 13.9. The third-order valence-electron chi connectivity index (χ3n) is 3.86. The van der Waals surface area contributed by atoms with Gasteiger partial charge in [-0.05, 0) is 24.6 Å². The topological polar surface area (TPSA) is 88.6 Å². The molecule has 124 valence electrons. The molecule has 0 saturated heterocycles. The molecule has 1 aromatic heterocycles. The molecular formula is C17H17N3O3S. The number of thioether (sulfide) groups is 1. The van der Waals surface area contributed by atoms with E-state index < -0.39 is 17.0 Å². The number of aromatic hydroxyl groups is 1. The number of primary amides is 1. The zero-order valence-electron chi connectivity index (χ0n) is 13.0. The average Bonchev–Trinajstić information content (AvgIpc) is 2.88. The Hall–Kier alpha value is -2.67. The molecule has 2 aromatic rings. The minimum absolute atomic E-state index is 0.331. The summed E-state index contributed by atoms with van der Waals surface area (Å²) in [7, 11) is 0. The highest BCUT2D eigenvalue weighted by atomic mass is 32.2. The van der Waals surface area contributed by atoms with Crippen molar-refractivity contribution in [3.05, 3.63) is 75.2 Å². The summed E-state index contributed by atoms with van der Waals surface area (Å²) in [5.74, 6) is -0.853. The van der Waals surface area contributed by atoms with Crippen molar-refractivity contribution in [2.45, 2.75) is 19.0 Å². The fraction of sp³-hybridized carbons (Fsp3) is 0.176. The zero-order chi connectivity index (χ0) is 17.3. The summed E-state index contributed by atoms with van der Waals surface area (Å²) < 4.78 is 1.41. The second-order valence-electron chi connectivity index (χ2n) is 5.44. The Morgan fingerprint density at radius 2 is 1.96 bits per heavy atom. The highest BCUT2D eigenvalue weighted by Crippen LogP contribution is 2.44. The average molecular weight is 343 g/mol. The van der Waals surface area contributed by atoms with E-state index in [1.165, 1.54) is 22.4 Å². The largest absolute Gasteiger partial charge is 0.503 e. The van der Waals surface area contributed by atoms with Gasteiger partial charge in [0, 0.05) is 18.4 Å². The molecule has 1 aliphatic rings. The fourth-order valence-electron chi connectivity index (χ4n) is 2.64. The van der Waals surface area contributed by atoms with Crippen LogP contribution in [-0.2, 0) is 11.3 Å². The third-order valence-corrected chi connectivity index (χ3v) is 5.29. The Morgan fingerprint density at radius 1 is 1.25 bits per heavy atom. The molecule has 0 spiro atoms.